The lowest BCUT2D eigenvalue weighted by Crippen LogP contribution is -2.43. The van der Waals surface area contributed by atoms with Gasteiger partial charge in [-0.1, -0.05) is 30.3 Å². The van der Waals surface area contributed by atoms with E-state index in [4.69, 9.17) is 21.9 Å². The summed E-state index contributed by atoms with van der Waals surface area (Å²) in [6, 6.07) is 9.02. The van der Waals surface area contributed by atoms with Gasteiger partial charge in [0.15, 0.2) is 17.7 Å². The number of fused-ring (bicyclic) bond motifs is 1. The molecule has 1 aliphatic rings. The number of aliphatic carboxylic acids is 1. The molecule has 1 aromatic carbocycles. The Bertz CT molecular complexity index is 1190. The highest BCUT2D eigenvalue weighted by Gasteiger charge is 2.44. The van der Waals surface area contributed by atoms with Crippen LogP contribution in [0.4, 0.5) is 5.82 Å². The highest BCUT2D eigenvalue weighted by Crippen LogP contribution is 2.32. The molecule has 0 spiro atoms. The predicted molar refractivity (Wildman–Crippen MR) is 140 cm³/mol. The summed E-state index contributed by atoms with van der Waals surface area (Å²) in [6.45, 7) is 1.16. The predicted octanol–water partition coefficient (Wildman–Crippen LogP) is -0.518. The smallest absolute Gasteiger partial charge is 0.320 e. The van der Waals surface area contributed by atoms with Gasteiger partial charge in [0.2, 0.25) is 0 Å². The Kier molecular flexibility index (Phi) is 9.20. The van der Waals surface area contributed by atoms with Crippen molar-refractivity contribution >= 4 is 23.0 Å². The number of carboxylic acid groups (broad SMARTS) is 1. The van der Waals surface area contributed by atoms with E-state index < -0.39 is 36.6 Å². The monoisotopic (exact) mass is 528 g/mol. The van der Waals surface area contributed by atoms with Crippen molar-refractivity contribution in [1.29, 1.82) is 0 Å². The first-order valence-electron chi connectivity index (χ1n) is 12.7. The normalized spacial score (nSPS) is 23.2. The van der Waals surface area contributed by atoms with Crippen LogP contribution >= 0.6 is 0 Å². The molecule has 1 saturated heterocycles. The van der Waals surface area contributed by atoms with Crippen LogP contribution in [0, 0.1) is 0 Å². The van der Waals surface area contributed by atoms with Crippen LogP contribution in [-0.4, -0.2) is 95.7 Å². The molecule has 3 aromatic rings. The molecule has 13 heteroatoms. The number of aryl methyl sites for hydroxylation is 1. The van der Waals surface area contributed by atoms with Gasteiger partial charge in [-0.3, -0.25) is 9.36 Å². The van der Waals surface area contributed by atoms with Crippen LogP contribution in [0.3, 0.4) is 0 Å². The minimum atomic E-state index is -1.25. The number of hydrogen-bond donors (Lipinski definition) is 6. The standard InChI is InChI=1S/C25H36N8O5/c26-16(7-6-15-4-2-1-3-5-15)8-10-32(11-9-17(27)25(36)37)12-18-20(34)21(35)24(38-18)33-14-31-19-22(28)29-13-30-23(19)33/h1-5,13-14,16-18,20-21,24,34-35H,6-12,26-27H2,(H,36,37)(H2,28,29,30)/t16?,17?,18-,20-,21-,24-/m1/s1. The second-order valence-corrected chi connectivity index (χ2v) is 9.74. The second kappa shape index (κ2) is 12.6. The number of carbonyl (C=O) groups is 1. The van der Waals surface area contributed by atoms with Gasteiger partial charge in [-0.2, -0.15) is 0 Å². The van der Waals surface area contributed by atoms with Crippen molar-refractivity contribution in [2.24, 2.45) is 11.5 Å². The summed E-state index contributed by atoms with van der Waals surface area (Å²) in [5.74, 6) is -0.881. The fraction of sp³-hybridized carbons (Fsp3) is 0.520. The molecule has 1 fully saturated rings. The van der Waals surface area contributed by atoms with Crippen molar-refractivity contribution < 1.29 is 24.9 Å². The lowest BCUT2D eigenvalue weighted by molar-refractivity contribution is -0.138. The largest absolute Gasteiger partial charge is 0.480 e. The van der Waals surface area contributed by atoms with Gasteiger partial charge < -0.3 is 42.2 Å². The Labute approximate surface area is 220 Å². The topological polar surface area (TPSA) is 212 Å². The SMILES string of the molecule is Nc1ncnc2c1ncn2[C@@H]1O[C@H](CN(CCC(N)CCc2ccccc2)CCC(N)C(=O)O)[C@@H](O)[C@H]1O. The number of nitrogens with zero attached hydrogens (tertiary/aromatic N) is 5. The lowest BCUT2D eigenvalue weighted by atomic mass is 10.0. The maximum atomic E-state index is 11.3. The summed E-state index contributed by atoms with van der Waals surface area (Å²) in [6.07, 6.45) is 1.12. The van der Waals surface area contributed by atoms with E-state index in [0.717, 1.165) is 12.8 Å². The maximum Gasteiger partial charge on any atom is 0.320 e. The quantitative estimate of drug-likeness (QED) is 0.165. The van der Waals surface area contributed by atoms with E-state index in [1.807, 2.05) is 23.1 Å². The molecule has 206 valence electrons. The van der Waals surface area contributed by atoms with Crippen molar-refractivity contribution in [1.82, 2.24) is 24.4 Å². The van der Waals surface area contributed by atoms with Crippen molar-refractivity contribution in [3.63, 3.8) is 0 Å². The summed E-state index contributed by atoms with van der Waals surface area (Å²) in [4.78, 5) is 25.5. The fourth-order valence-electron chi connectivity index (χ4n) is 4.65. The molecular weight excluding hydrogens is 492 g/mol. The molecule has 4 rings (SSSR count). The molecule has 2 unspecified atom stereocenters. The summed E-state index contributed by atoms with van der Waals surface area (Å²) >= 11 is 0. The summed E-state index contributed by atoms with van der Waals surface area (Å²) in [5.41, 5.74) is 20.0. The maximum absolute atomic E-state index is 11.3. The highest BCUT2D eigenvalue weighted by molar-refractivity contribution is 5.81. The Morgan fingerprint density at radius 2 is 1.79 bits per heavy atom. The number of ether oxygens (including phenoxy) is 1. The third-order valence-electron chi connectivity index (χ3n) is 6.97. The number of benzene rings is 1. The van der Waals surface area contributed by atoms with Gasteiger partial charge in [0.25, 0.3) is 0 Å². The first-order valence-corrected chi connectivity index (χ1v) is 12.7. The first-order chi connectivity index (χ1) is 18.2. The summed E-state index contributed by atoms with van der Waals surface area (Å²) in [7, 11) is 0. The van der Waals surface area contributed by atoms with Gasteiger partial charge in [0, 0.05) is 19.1 Å². The summed E-state index contributed by atoms with van der Waals surface area (Å²) in [5, 5.41) is 30.8. The molecule has 1 aliphatic heterocycles. The van der Waals surface area contributed by atoms with Gasteiger partial charge in [-0.05, 0) is 37.8 Å². The van der Waals surface area contributed by atoms with Crippen LogP contribution in [0.5, 0.6) is 0 Å². The van der Waals surface area contributed by atoms with E-state index in [9.17, 15) is 20.1 Å². The number of carboxylic acids is 1. The van der Waals surface area contributed by atoms with E-state index in [-0.39, 0.29) is 24.8 Å². The number of nitrogen functional groups attached to an aromatic ring is 1. The molecule has 9 N–H and O–H groups in total. The van der Waals surface area contributed by atoms with E-state index >= 15 is 0 Å². The van der Waals surface area contributed by atoms with E-state index in [0.29, 0.717) is 30.7 Å². The number of imidazole rings is 1. The third-order valence-corrected chi connectivity index (χ3v) is 6.97. The van der Waals surface area contributed by atoms with Crippen LogP contribution < -0.4 is 17.2 Å². The van der Waals surface area contributed by atoms with E-state index in [1.165, 1.54) is 22.8 Å². The molecule has 38 heavy (non-hydrogen) atoms. The van der Waals surface area contributed by atoms with Gasteiger partial charge in [0.05, 0.1) is 6.33 Å². The minimum Gasteiger partial charge on any atom is -0.480 e. The highest BCUT2D eigenvalue weighted by atomic mass is 16.6. The second-order valence-electron chi connectivity index (χ2n) is 9.74. The Hall–Kier alpha value is -3.20. The number of aromatic nitrogens is 4. The average Bonchev–Trinajstić information content (AvgIpc) is 3.46. The molecule has 0 aliphatic carbocycles. The fourth-order valence-corrected chi connectivity index (χ4v) is 4.65. The molecule has 0 amide bonds. The summed E-state index contributed by atoms with van der Waals surface area (Å²) < 4.78 is 7.60. The zero-order valence-corrected chi connectivity index (χ0v) is 21.1. The van der Waals surface area contributed by atoms with Gasteiger partial charge >= 0.3 is 5.97 Å². The van der Waals surface area contributed by atoms with Crippen LogP contribution in [-0.2, 0) is 16.0 Å². The van der Waals surface area contributed by atoms with Crippen LogP contribution in [0.2, 0.25) is 0 Å². The van der Waals surface area contributed by atoms with Gasteiger partial charge in [0.1, 0.15) is 36.2 Å². The molecule has 6 atom stereocenters. The van der Waals surface area contributed by atoms with Crippen LogP contribution in [0.1, 0.15) is 31.1 Å². The Balaban J connectivity index is 1.40. The molecule has 0 bridgehead atoms. The van der Waals surface area contributed by atoms with Crippen LogP contribution in [0.15, 0.2) is 43.0 Å². The van der Waals surface area contributed by atoms with E-state index in [1.54, 1.807) is 0 Å². The number of anilines is 1. The van der Waals surface area contributed by atoms with Crippen molar-refractivity contribution in [2.45, 2.75) is 62.3 Å². The molecule has 0 radical (unpaired) electrons. The number of hydrogen-bond acceptors (Lipinski definition) is 11. The first kappa shape index (κ1) is 27.8. The lowest BCUT2D eigenvalue weighted by Gasteiger charge is -2.28. The molecule has 13 nitrogen and oxygen atoms in total. The van der Waals surface area contributed by atoms with Gasteiger partial charge in [-0.25, -0.2) is 15.0 Å². The molecule has 2 aromatic heterocycles. The van der Waals surface area contributed by atoms with Crippen molar-refractivity contribution in [3.8, 4) is 0 Å². The molecular formula is C25H36N8O5. The van der Waals surface area contributed by atoms with Gasteiger partial charge in [-0.15, -0.1) is 0 Å². The molecule has 0 saturated carbocycles. The number of aliphatic hydroxyl groups is 2. The van der Waals surface area contributed by atoms with E-state index in [2.05, 4.69) is 27.1 Å². The number of rotatable bonds is 13. The Morgan fingerprint density at radius 3 is 2.53 bits per heavy atom. The zero-order chi connectivity index (χ0) is 27.2. The van der Waals surface area contributed by atoms with Crippen molar-refractivity contribution in [3.05, 3.63) is 48.5 Å². The number of nitrogens with two attached hydrogens (primary N) is 3. The zero-order valence-electron chi connectivity index (χ0n) is 21.1. The minimum absolute atomic E-state index is 0.0685. The van der Waals surface area contributed by atoms with Crippen LogP contribution in [0.25, 0.3) is 11.2 Å². The van der Waals surface area contributed by atoms with Crippen molar-refractivity contribution in [2.75, 3.05) is 25.4 Å². The molecule has 3 heterocycles. The Morgan fingerprint density at radius 1 is 1.05 bits per heavy atom. The average molecular weight is 529 g/mol. The number of aliphatic hydroxyl groups excluding tert-OH is 2. The third kappa shape index (κ3) is 6.62.